The van der Waals surface area contributed by atoms with E-state index in [2.05, 4.69) is 9.71 Å². The Morgan fingerprint density at radius 3 is 2.13 bits per heavy atom. The number of carbonyl (C=O) groups excluding carboxylic acids is 1. The van der Waals surface area contributed by atoms with E-state index in [1.807, 2.05) is 78.9 Å². The molecule has 0 fully saturated rings. The highest BCUT2D eigenvalue weighted by Gasteiger charge is 2.08. The van der Waals surface area contributed by atoms with Crippen molar-refractivity contribution in [2.75, 3.05) is 4.72 Å². The Morgan fingerprint density at radius 2 is 1.43 bits per heavy atom. The highest BCUT2D eigenvalue weighted by Crippen LogP contribution is 2.20. The van der Waals surface area contributed by atoms with E-state index in [9.17, 15) is 9.00 Å². The zero-order valence-corrected chi connectivity index (χ0v) is 17.1. The van der Waals surface area contributed by atoms with Gasteiger partial charge in [0.2, 0.25) is 0 Å². The fraction of sp³-hybridized carbons (Fsp3) is 0.0833. The number of nitrogens with one attached hydrogen (secondary N) is 1. The van der Waals surface area contributed by atoms with Crippen LogP contribution in [0.5, 0.6) is 0 Å². The first kappa shape index (κ1) is 21.4. The van der Waals surface area contributed by atoms with E-state index in [1.165, 1.54) is 0 Å². The molecule has 1 heterocycles. The van der Waals surface area contributed by atoms with Crippen molar-refractivity contribution in [3.63, 3.8) is 0 Å². The molecule has 0 bridgehead atoms. The van der Waals surface area contributed by atoms with E-state index in [-0.39, 0.29) is 11.3 Å². The molecular weight excluding hydrogens is 396 g/mol. The number of fused-ring (bicyclic) bond motifs is 1. The van der Waals surface area contributed by atoms with Gasteiger partial charge in [-0.15, -0.1) is 0 Å². The van der Waals surface area contributed by atoms with E-state index in [0.717, 1.165) is 32.5 Å². The number of anilines is 1. The molecule has 3 aromatic carbocycles. The molecule has 6 heteroatoms. The monoisotopic (exact) mass is 418 g/mol. The van der Waals surface area contributed by atoms with Crippen LogP contribution in [0.4, 0.5) is 5.69 Å². The van der Waals surface area contributed by atoms with Gasteiger partial charge >= 0.3 is 0 Å². The molecule has 1 unspecified atom stereocenters. The highest BCUT2D eigenvalue weighted by molar-refractivity contribution is 7.86. The van der Waals surface area contributed by atoms with Gasteiger partial charge in [0, 0.05) is 30.9 Å². The summed E-state index contributed by atoms with van der Waals surface area (Å²) in [6, 6.07) is 25.0. The van der Waals surface area contributed by atoms with Crippen molar-refractivity contribution >= 4 is 33.2 Å². The molecule has 3 N–H and O–H groups in total. The molecule has 0 aliphatic rings. The summed E-state index contributed by atoms with van der Waals surface area (Å²) in [6.07, 6.45) is 4.16. The maximum atomic E-state index is 12.7. The minimum absolute atomic E-state index is 0. The van der Waals surface area contributed by atoms with Gasteiger partial charge in [0.15, 0.2) is 0 Å². The van der Waals surface area contributed by atoms with Crippen LogP contribution in [-0.2, 0) is 28.6 Å². The summed E-state index contributed by atoms with van der Waals surface area (Å²) in [5.74, 6) is 0.150. The Hall–Kier alpha value is -3.35. The Kier molecular flexibility index (Phi) is 7.06. The molecule has 1 atom stereocenters. The van der Waals surface area contributed by atoms with E-state index in [0.29, 0.717) is 12.8 Å². The first-order valence-electron chi connectivity index (χ1n) is 9.34. The van der Waals surface area contributed by atoms with Gasteiger partial charge in [-0.1, -0.05) is 42.5 Å². The molecule has 30 heavy (non-hydrogen) atoms. The Labute approximate surface area is 177 Å². The standard InChI is InChI=1S/C24H20N2O2S.H2O/c27-23(16-19-11-13-25-14-12-19)15-18-5-8-22(9-6-18)26-29(28)24-10-7-20-3-1-2-4-21(20)17-24;/h1-14,17,26H,15-16H2;1H2. The van der Waals surface area contributed by atoms with Crippen molar-refractivity contribution in [2.45, 2.75) is 17.7 Å². The van der Waals surface area contributed by atoms with Gasteiger partial charge in [-0.25, -0.2) is 4.21 Å². The first-order valence-corrected chi connectivity index (χ1v) is 10.5. The number of nitrogens with zero attached hydrogens (tertiary/aromatic N) is 1. The van der Waals surface area contributed by atoms with E-state index >= 15 is 0 Å². The molecule has 0 amide bonds. The van der Waals surface area contributed by atoms with Gasteiger partial charge < -0.3 is 10.2 Å². The quantitative estimate of drug-likeness (QED) is 0.493. The van der Waals surface area contributed by atoms with Crippen LogP contribution in [0, 0.1) is 0 Å². The third-order valence-corrected chi connectivity index (χ3v) is 5.75. The lowest BCUT2D eigenvalue weighted by Crippen LogP contribution is -2.07. The second kappa shape index (κ2) is 9.91. The van der Waals surface area contributed by atoms with Gasteiger partial charge in [0.1, 0.15) is 16.8 Å². The molecular formula is C24H22N2O3S. The minimum atomic E-state index is -1.36. The number of Topliss-reactive ketones (excluding diaryl/α,β-unsaturated/α-hetero) is 1. The summed E-state index contributed by atoms with van der Waals surface area (Å²) in [7, 11) is -1.36. The molecule has 4 aromatic rings. The number of rotatable bonds is 7. The summed E-state index contributed by atoms with van der Waals surface area (Å²) in [5.41, 5.74) is 2.65. The van der Waals surface area contributed by atoms with Crippen molar-refractivity contribution in [1.29, 1.82) is 0 Å². The topological polar surface area (TPSA) is 90.6 Å². The van der Waals surface area contributed by atoms with Gasteiger partial charge in [-0.2, -0.15) is 0 Å². The maximum Gasteiger partial charge on any atom is 0.150 e. The van der Waals surface area contributed by atoms with E-state index in [4.69, 9.17) is 0 Å². The van der Waals surface area contributed by atoms with Gasteiger partial charge in [0.05, 0.1) is 4.90 Å². The zero-order valence-electron chi connectivity index (χ0n) is 16.2. The van der Waals surface area contributed by atoms with Crippen molar-refractivity contribution < 1.29 is 14.5 Å². The summed E-state index contributed by atoms with van der Waals surface area (Å²) in [4.78, 5) is 16.9. The van der Waals surface area contributed by atoms with Crippen molar-refractivity contribution in [3.05, 3.63) is 102 Å². The zero-order chi connectivity index (χ0) is 20.1. The smallest absolute Gasteiger partial charge is 0.150 e. The van der Waals surface area contributed by atoms with Crippen LogP contribution in [0.3, 0.4) is 0 Å². The van der Waals surface area contributed by atoms with Crippen LogP contribution in [0.2, 0.25) is 0 Å². The molecule has 0 radical (unpaired) electrons. The average molecular weight is 419 g/mol. The van der Waals surface area contributed by atoms with Crippen LogP contribution in [0.15, 0.2) is 96.2 Å². The molecule has 0 saturated heterocycles. The summed E-state index contributed by atoms with van der Waals surface area (Å²) < 4.78 is 15.7. The van der Waals surface area contributed by atoms with Crippen LogP contribution < -0.4 is 4.72 Å². The number of benzene rings is 3. The number of ketones is 1. The summed E-state index contributed by atoms with van der Waals surface area (Å²) in [5, 5.41) is 2.18. The third-order valence-electron chi connectivity index (χ3n) is 4.65. The molecule has 1 aromatic heterocycles. The Morgan fingerprint density at radius 1 is 0.800 bits per heavy atom. The molecule has 0 aliphatic heterocycles. The predicted molar refractivity (Wildman–Crippen MR) is 121 cm³/mol. The second-order valence-electron chi connectivity index (χ2n) is 6.82. The number of hydrogen-bond donors (Lipinski definition) is 1. The average Bonchev–Trinajstić information content (AvgIpc) is 2.75. The normalized spacial score (nSPS) is 11.5. The molecule has 152 valence electrons. The maximum absolute atomic E-state index is 12.7. The molecule has 4 rings (SSSR count). The SMILES string of the molecule is O.O=C(Cc1ccncc1)Cc1ccc(NS(=O)c2ccc3ccccc3c2)cc1. The van der Waals surface area contributed by atoms with Crippen LogP contribution in [0.1, 0.15) is 11.1 Å². The van der Waals surface area contributed by atoms with Crippen molar-refractivity contribution in [2.24, 2.45) is 0 Å². The van der Waals surface area contributed by atoms with E-state index in [1.54, 1.807) is 12.4 Å². The number of aromatic nitrogens is 1. The first-order chi connectivity index (χ1) is 14.2. The fourth-order valence-corrected chi connectivity index (χ4v) is 4.05. The number of carbonyl (C=O) groups is 1. The van der Waals surface area contributed by atoms with Gasteiger partial charge in [-0.05, 0) is 58.3 Å². The van der Waals surface area contributed by atoms with Crippen molar-refractivity contribution in [1.82, 2.24) is 4.98 Å². The number of pyridine rings is 1. The van der Waals surface area contributed by atoms with Gasteiger partial charge in [0.25, 0.3) is 0 Å². The molecule has 0 saturated carbocycles. The van der Waals surface area contributed by atoms with Crippen LogP contribution in [0.25, 0.3) is 10.8 Å². The molecule has 0 aliphatic carbocycles. The largest absolute Gasteiger partial charge is 0.412 e. The van der Waals surface area contributed by atoms with E-state index < -0.39 is 11.0 Å². The Balaban J connectivity index is 0.00000256. The summed E-state index contributed by atoms with van der Waals surface area (Å²) in [6.45, 7) is 0. The minimum Gasteiger partial charge on any atom is -0.412 e. The Bertz CT molecular complexity index is 1160. The van der Waals surface area contributed by atoms with Crippen LogP contribution >= 0.6 is 0 Å². The number of hydrogen-bond acceptors (Lipinski definition) is 3. The van der Waals surface area contributed by atoms with Gasteiger partial charge in [-0.3, -0.25) is 9.78 Å². The third kappa shape index (κ3) is 5.37. The lowest BCUT2D eigenvalue weighted by Gasteiger charge is -2.08. The molecule has 0 spiro atoms. The predicted octanol–water partition coefficient (Wildman–Crippen LogP) is 3.90. The highest BCUT2D eigenvalue weighted by atomic mass is 32.2. The lowest BCUT2D eigenvalue weighted by molar-refractivity contribution is -0.117. The lowest BCUT2D eigenvalue weighted by atomic mass is 10.0. The molecule has 5 nitrogen and oxygen atoms in total. The fourth-order valence-electron chi connectivity index (χ4n) is 3.16. The van der Waals surface area contributed by atoms with Crippen LogP contribution in [-0.4, -0.2) is 20.5 Å². The second-order valence-corrected chi connectivity index (χ2v) is 8.04. The van der Waals surface area contributed by atoms with Crippen molar-refractivity contribution in [3.8, 4) is 0 Å². The summed E-state index contributed by atoms with van der Waals surface area (Å²) >= 11 is 0.